The van der Waals surface area contributed by atoms with Crippen LogP contribution >= 0.6 is 0 Å². The molecule has 0 amide bonds. The molecular formula is C27H23NO. The fourth-order valence-corrected chi connectivity index (χ4v) is 4.76. The fraction of sp³-hybridized carbons (Fsp3) is 0.148. The average Bonchev–Trinajstić information content (AvgIpc) is 3.17. The number of rotatable bonds is 4. The number of hydrogen-bond acceptors (Lipinski definition) is 2. The van der Waals surface area contributed by atoms with Crippen LogP contribution in [0.3, 0.4) is 0 Å². The first kappa shape index (κ1) is 17.7. The van der Waals surface area contributed by atoms with E-state index in [2.05, 4.69) is 96.2 Å². The van der Waals surface area contributed by atoms with Crippen LogP contribution in [0.5, 0.6) is 0 Å². The molecule has 2 heteroatoms. The first-order valence-corrected chi connectivity index (χ1v) is 10.1. The maximum atomic E-state index is 5.03. The predicted molar refractivity (Wildman–Crippen MR) is 120 cm³/mol. The van der Waals surface area contributed by atoms with Crippen LogP contribution in [-0.2, 0) is 11.3 Å². The second-order valence-electron chi connectivity index (χ2n) is 7.64. The van der Waals surface area contributed by atoms with E-state index in [4.69, 9.17) is 4.84 Å². The van der Waals surface area contributed by atoms with Crippen LogP contribution < -0.4 is 0 Å². The quantitative estimate of drug-likeness (QED) is 0.302. The van der Waals surface area contributed by atoms with Crippen molar-refractivity contribution < 1.29 is 4.84 Å². The van der Waals surface area contributed by atoms with E-state index in [0.29, 0.717) is 5.92 Å². The zero-order valence-corrected chi connectivity index (χ0v) is 16.5. The van der Waals surface area contributed by atoms with Gasteiger partial charge in [0.15, 0.2) is 0 Å². The fourth-order valence-electron chi connectivity index (χ4n) is 4.76. The molecule has 1 aliphatic rings. The lowest BCUT2D eigenvalue weighted by atomic mass is 9.79. The zero-order chi connectivity index (χ0) is 19.6. The molecule has 2 atom stereocenters. The minimum absolute atomic E-state index is 0.288. The molecule has 142 valence electrons. The van der Waals surface area contributed by atoms with Gasteiger partial charge in [0, 0.05) is 11.5 Å². The molecule has 2 unspecified atom stereocenters. The summed E-state index contributed by atoms with van der Waals surface area (Å²) < 4.78 is 0. The standard InChI is InChI=1S/C27H23NO/c1-29-28-18-23-15-20-11-5-6-12-21(20)16-26(23)27-24-14-8-7-13-22(24)17-25(27)19-9-3-2-4-10-19/h2-16,18,25,27H,17H2,1H3. The average molecular weight is 377 g/mol. The number of oxime groups is 1. The van der Waals surface area contributed by atoms with Gasteiger partial charge in [-0.15, -0.1) is 0 Å². The van der Waals surface area contributed by atoms with E-state index in [1.54, 1.807) is 7.11 Å². The van der Waals surface area contributed by atoms with Crippen LogP contribution in [0.25, 0.3) is 10.8 Å². The summed E-state index contributed by atoms with van der Waals surface area (Å²) in [7, 11) is 1.59. The molecule has 0 fully saturated rings. The van der Waals surface area contributed by atoms with Crippen molar-refractivity contribution in [2.24, 2.45) is 5.16 Å². The van der Waals surface area contributed by atoms with Crippen molar-refractivity contribution in [1.29, 1.82) is 0 Å². The van der Waals surface area contributed by atoms with Crippen LogP contribution in [-0.4, -0.2) is 13.3 Å². The van der Waals surface area contributed by atoms with Gasteiger partial charge in [0.05, 0.1) is 6.21 Å². The second kappa shape index (κ2) is 7.56. The number of fused-ring (bicyclic) bond motifs is 2. The molecule has 2 nitrogen and oxygen atoms in total. The molecule has 0 spiro atoms. The van der Waals surface area contributed by atoms with Crippen LogP contribution in [0.2, 0.25) is 0 Å². The van der Waals surface area contributed by atoms with E-state index >= 15 is 0 Å². The first-order valence-electron chi connectivity index (χ1n) is 10.1. The molecule has 0 saturated heterocycles. The van der Waals surface area contributed by atoms with Crippen molar-refractivity contribution in [3.8, 4) is 0 Å². The Hall–Kier alpha value is -3.39. The summed E-state index contributed by atoms with van der Waals surface area (Å²) in [6, 6.07) is 32.9. The highest BCUT2D eigenvalue weighted by atomic mass is 16.6. The van der Waals surface area contributed by atoms with Gasteiger partial charge in [-0.25, -0.2) is 0 Å². The van der Waals surface area contributed by atoms with E-state index < -0.39 is 0 Å². The lowest BCUT2D eigenvalue weighted by Crippen LogP contribution is -2.10. The Balaban J connectivity index is 1.74. The third-order valence-corrected chi connectivity index (χ3v) is 6.04. The van der Waals surface area contributed by atoms with E-state index in [1.165, 1.54) is 33.0 Å². The third kappa shape index (κ3) is 3.21. The highest BCUT2D eigenvalue weighted by Crippen LogP contribution is 2.48. The summed E-state index contributed by atoms with van der Waals surface area (Å²) in [4.78, 5) is 5.03. The highest BCUT2D eigenvalue weighted by molar-refractivity contribution is 5.93. The minimum atomic E-state index is 0.288. The highest BCUT2D eigenvalue weighted by Gasteiger charge is 2.35. The largest absolute Gasteiger partial charge is 0.399 e. The van der Waals surface area contributed by atoms with E-state index in [9.17, 15) is 0 Å². The SMILES string of the molecule is CON=Cc1cc2ccccc2cc1C1c2ccccc2CC1c1ccccc1. The summed E-state index contributed by atoms with van der Waals surface area (Å²) in [6.07, 6.45) is 2.91. The Labute approximate surface area is 171 Å². The topological polar surface area (TPSA) is 21.6 Å². The van der Waals surface area contributed by atoms with E-state index in [1.807, 2.05) is 6.21 Å². The minimum Gasteiger partial charge on any atom is -0.399 e. The summed E-state index contributed by atoms with van der Waals surface area (Å²) in [5.74, 6) is 0.695. The molecule has 0 aliphatic heterocycles. The molecule has 29 heavy (non-hydrogen) atoms. The maximum Gasteiger partial charge on any atom is 0.106 e. The van der Waals surface area contributed by atoms with Gasteiger partial charge < -0.3 is 4.84 Å². The Morgan fingerprint density at radius 3 is 2.28 bits per heavy atom. The third-order valence-electron chi connectivity index (χ3n) is 6.04. The molecule has 0 radical (unpaired) electrons. The molecule has 4 aromatic rings. The number of nitrogens with zero attached hydrogens (tertiary/aromatic N) is 1. The molecule has 0 saturated carbocycles. The van der Waals surface area contributed by atoms with Gasteiger partial charge in [-0.1, -0.05) is 84.0 Å². The van der Waals surface area contributed by atoms with Gasteiger partial charge in [0.25, 0.3) is 0 Å². The smallest absolute Gasteiger partial charge is 0.106 e. The van der Waals surface area contributed by atoms with Crippen molar-refractivity contribution >= 4 is 17.0 Å². The molecular weight excluding hydrogens is 354 g/mol. The van der Waals surface area contributed by atoms with Crippen molar-refractivity contribution in [1.82, 2.24) is 0 Å². The number of hydrogen-bond donors (Lipinski definition) is 0. The Morgan fingerprint density at radius 1 is 0.793 bits per heavy atom. The Kier molecular flexibility index (Phi) is 4.61. The molecule has 0 bridgehead atoms. The summed E-state index contributed by atoms with van der Waals surface area (Å²) in [6.45, 7) is 0. The van der Waals surface area contributed by atoms with Crippen LogP contribution in [0.15, 0.2) is 96.2 Å². The van der Waals surface area contributed by atoms with Crippen LogP contribution in [0, 0.1) is 0 Å². The summed E-state index contributed by atoms with van der Waals surface area (Å²) in [5.41, 5.74) is 6.67. The molecule has 0 N–H and O–H groups in total. The van der Waals surface area contributed by atoms with Gasteiger partial charge in [0.1, 0.15) is 7.11 Å². The monoisotopic (exact) mass is 377 g/mol. The Morgan fingerprint density at radius 2 is 1.48 bits per heavy atom. The van der Waals surface area contributed by atoms with Crippen LogP contribution in [0.4, 0.5) is 0 Å². The number of benzene rings is 4. The molecule has 1 aliphatic carbocycles. The predicted octanol–water partition coefficient (Wildman–Crippen LogP) is 6.29. The maximum absolute atomic E-state index is 5.03. The van der Waals surface area contributed by atoms with Gasteiger partial charge >= 0.3 is 0 Å². The zero-order valence-electron chi connectivity index (χ0n) is 16.5. The normalized spacial score (nSPS) is 18.2. The van der Waals surface area contributed by atoms with Crippen molar-refractivity contribution in [2.45, 2.75) is 18.3 Å². The van der Waals surface area contributed by atoms with Crippen molar-refractivity contribution in [2.75, 3.05) is 7.11 Å². The molecule has 0 heterocycles. The van der Waals surface area contributed by atoms with Gasteiger partial charge in [0.2, 0.25) is 0 Å². The lowest BCUT2D eigenvalue weighted by molar-refractivity contribution is 0.215. The van der Waals surface area contributed by atoms with Gasteiger partial charge in [-0.2, -0.15) is 0 Å². The second-order valence-corrected chi connectivity index (χ2v) is 7.64. The first-order chi connectivity index (χ1) is 14.3. The van der Waals surface area contributed by atoms with Crippen molar-refractivity contribution in [3.05, 3.63) is 119 Å². The summed E-state index contributed by atoms with van der Waals surface area (Å²) >= 11 is 0. The van der Waals surface area contributed by atoms with Crippen molar-refractivity contribution in [3.63, 3.8) is 0 Å². The summed E-state index contributed by atoms with van der Waals surface area (Å²) in [5, 5.41) is 6.59. The van der Waals surface area contributed by atoms with Gasteiger partial charge in [-0.3, -0.25) is 0 Å². The molecule has 0 aromatic heterocycles. The van der Waals surface area contributed by atoms with Gasteiger partial charge in [-0.05, 0) is 57.5 Å². The van der Waals surface area contributed by atoms with E-state index in [-0.39, 0.29) is 5.92 Å². The lowest BCUT2D eigenvalue weighted by Gasteiger charge is -2.24. The van der Waals surface area contributed by atoms with Crippen LogP contribution in [0.1, 0.15) is 39.7 Å². The molecule has 4 aromatic carbocycles. The Bertz CT molecular complexity index is 1180. The van der Waals surface area contributed by atoms with E-state index in [0.717, 1.165) is 12.0 Å². The molecule has 5 rings (SSSR count).